The van der Waals surface area contributed by atoms with Crippen LogP contribution >= 0.6 is 0 Å². The molecule has 5 heteroatoms. The lowest BCUT2D eigenvalue weighted by Gasteiger charge is -2.26. The van der Waals surface area contributed by atoms with Crippen LogP contribution in [0.1, 0.15) is 45.7 Å². The molecule has 2 aliphatic carbocycles. The molecule has 2 aliphatic heterocycles. The summed E-state index contributed by atoms with van der Waals surface area (Å²) in [5.41, 5.74) is 8.44. The van der Waals surface area contributed by atoms with E-state index >= 15 is 0 Å². The molecule has 2 heterocycles. The van der Waals surface area contributed by atoms with Crippen molar-refractivity contribution < 1.29 is 19.5 Å². The van der Waals surface area contributed by atoms with Gasteiger partial charge in [-0.05, 0) is 39.0 Å². The van der Waals surface area contributed by atoms with E-state index < -0.39 is 0 Å². The smallest absolute Gasteiger partial charge is 0.253 e. The SMILES string of the molecule is CC.CC.CNC1=CC2Oc3c(C)c4c(c(C)c3[NH+]=C2C=C1)OC1C=C(C)C=CC1=[NH+]4. The number of nitrogens with one attached hydrogen (secondary N) is 3. The molecule has 2 unspecified atom stereocenters. The molecule has 0 saturated carbocycles. The zero-order valence-corrected chi connectivity index (χ0v) is 19.9. The van der Waals surface area contributed by atoms with E-state index in [2.05, 4.69) is 72.5 Å². The Hall–Kier alpha value is -3.08. The Labute approximate surface area is 186 Å². The Bertz CT molecular complexity index is 1060. The van der Waals surface area contributed by atoms with E-state index in [0.29, 0.717) is 0 Å². The van der Waals surface area contributed by atoms with Gasteiger partial charge in [-0.2, -0.15) is 0 Å². The molecular weight excluding hydrogens is 386 g/mol. The summed E-state index contributed by atoms with van der Waals surface area (Å²) in [5, 5.41) is 3.18. The Morgan fingerprint density at radius 3 is 1.71 bits per heavy atom. The summed E-state index contributed by atoms with van der Waals surface area (Å²) in [5.74, 6) is 1.77. The van der Waals surface area contributed by atoms with E-state index in [-0.39, 0.29) is 12.2 Å². The van der Waals surface area contributed by atoms with Crippen molar-refractivity contribution in [3.8, 4) is 11.5 Å². The molecule has 0 amide bonds. The van der Waals surface area contributed by atoms with E-state index in [4.69, 9.17) is 9.47 Å². The van der Waals surface area contributed by atoms with Crippen LogP contribution in [0.3, 0.4) is 0 Å². The van der Waals surface area contributed by atoms with Crippen LogP contribution in [0.5, 0.6) is 11.5 Å². The Balaban J connectivity index is 0.000000645. The average Bonchev–Trinajstić information content (AvgIpc) is 2.82. The standard InChI is InChI=1S/C22H21N3O2.2C2H6/c1-11-5-7-15-17(9-11)26-21-12(2)20-22(13(3)19(21)24-15)27-18-10-14(23-4)6-8-16(18)25-20;2*1-2/h5-10,17-18,23H,1-4H3;2*1-2H3/p+2. The third kappa shape index (κ3) is 3.97. The van der Waals surface area contributed by atoms with Gasteiger partial charge in [0.1, 0.15) is 0 Å². The number of hydrogen-bond donors (Lipinski definition) is 3. The number of rotatable bonds is 1. The summed E-state index contributed by atoms with van der Waals surface area (Å²) < 4.78 is 12.8. The molecule has 1 aromatic carbocycles. The molecular formula is C26H35N3O2+2. The van der Waals surface area contributed by atoms with Crippen LogP contribution < -0.4 is 24.8 Å². The lowest BCUT2D eigenvalue weighted by atomic mass is 9.97. The minimum Gasteiger partial charge on any atom is -0.468 e. The molecule has 31 heavy (non-hydrogen) atoms. The summed E-state index contributed by atoms with van der Waals surface area (Å²) in [4.78, 5) is 7.15. The third-order valence-electron chi connectivity index (χ3n) is 5.53. The molecule has 0 saturated heterocycles. The topological polar surface area (TPSA) is 58.4 Å². The van der Waals surface area contributed by atoms with Gasteiger partial charge in [0.05, 0.1) is 11.1 Å². The number of fused-ring (bicyclic) bond motifs is 4. The van der Waals surface area contributed by atoms with Crippen molar-refractivity contribution in [3.05, 3.63) is 58.9 Å². The van der Waals surface area contributed by atoms with E-state index in [9.17, 15) is 0 Å². The summed E-state index contributed by atoms with van der Waals surface area (Å²) in [6.07, 6.45) is 12.4. The molecule has 3 N–H and O–H groups in total. The molecule has 4 aliphatic rings. The molecule has 1 aromatic rings. The van der Waals surface area contributed by atoms with Crippen LogP contribution in [0.15, 0.2) is 47.7 Å². The lowest BCUT2D eigenvalue weighted by molar-refractivity contribution is -0.370. The van der Waals surface area contributed by atoms with Gasteiger partial charge in [0, 0.05) is 24.9 Å². The second-order valence-electron chi connectivity index (χ2n) is 7.35. The van der Waals surface area contributed by atoms with Crippen molar-refractivity contribution in [2.75, 3.05) is 7.05 Å². The first-order valence-corrected chi connectivity index (χ1v) is 11.3. The minimum atomic E-state index is -0.119. The summed E-state index contributed by atoms with van der Waals surface area (Å²) in [6.45, 7) is 14.2. The molecule has 0 radical (unpaired) electrons. The first-order valence-electron chi connectivity index (χ1n) is 11.3. The molecule has 5 rings (SSSR count). The number of benzene rings is 1. The van der Waals surface area contributed by atoms with Crippen LogP contribution in [-0.2, 0) is 0 Å². The van der Waals surface area contributed by atoms with Gasteiger partial charge in [-0.3, -0.25) is 0 Å². The fourth-order valence-corrected chi connectivity index (χ4v) is 3.95. The molecule has 5 nitrogen and oxygen atoms in total. The molecule has 164 valence electrons. The van der Waals surface area contributed by atoms with Crippen LogP contribution in [-0.4, -0.2) is 30.7 Å². The quantitative estimate of drug-likeness (QED) is 0.653. The van der Waals surface area contributed by atoms with Gasteiger partial charge in [0.15, 0.2) is 0 Å². The molecule has 0 spiro atoms. The molecule has 0 bridgehead atoms. The van der Waals surface area contributed by atoms with Gasteiger partial charge in [-0.15, -0.1) is 0 Å². The lowest BCUT2D eigenvalue weighted by Crippen LogP contribution is -2.74. The summed E-state index contributed by atoms with van der Waals surface area (Å²) in [6, 6.07) is 0. The van der Waals surface area contributed by atoms with Gasteiger partial charge in [0.25, 0.3) is 11.4 Å². The van der Waals surface area contributed by atoms with Crippen molar-refractivity contribution in [2.24, 2.45) is 0 Å². The van der Waals surface area contributed by atoms with Crippen molar-refractivity contribution >= 4 is 22.8 Å². The first-order chi connectivity index (χ1) is 15.0. The predicted octanol–water partition coefficient (Wildman–Crippen LogP) is 2.37. The largest absolute Gasteiger partial charge is 0.468 e. The number of allylic oxidation sites excluding steroid dienone is 3. The Morgan fingerprint density at radius 1 is 0.710 bits per heavy atom. The van der Waals surface area contributed by atoms with Crippen molar-refractivity contribution in [2.45, 2.75) is 60.7 Å². The Morgan fingerprint density at radius 2 is 1.19 bits per heavy atom. The average molecular weight is 422 g/mol. The second kappa shape index (κ2) is 9.38. The fraction of sp³-hybridized carbons (Fsp3) is 0.385. The van der Waals surface area contributed by atoms with Gasteiger partial charge in [-0.25, -0.2) is 9.98 Å². The van der Waals surface area contributed by atoms with E-state index in [1.807, 2.05) is 34.7 Å². The maximum atomic E-state index is 6.40. The molecule has 2 atom stereocenters. The van der Waals surface area contributed by atoms with Gasteiger partial charge in [-0.1, -0.05) is 39.3 Å². The highest BCUT2D eigenvalue weighted by molar-refractivity contribution is 6.00. The predicted molar refractivity (Wildman–Crippen MR) is 128 cm³/mol. The van der Waals surface area contributed by atoms with E-state index in [0.717, 1.165) is 51.1 Å². The van der Waals surface area contributed by atoms with Crippen molar-refractivity contribution in [1.29, 1.82) is 0 Å². The van der Waals surface area contributed by atoms with Crippen LogP contribution in [0, 0.1) is 13.8 Å². The molecule has 0 fully saturated rings. The zero-order chi connectivity index (χ0) is 22.7. The normalized spacial score (nSPS) is 21.3. The van der Waals surface area contributed by atoms with Crippen LogP contribution in [0.2, 0.25) is 0 Å². The monoisotopic (exact) mass is 421 g/mol. The van der Waals surface area contributed by atoms with E-state index in [1.165, 1.54) is 5.57 Å². The highest BCUT2D eigenvalue weighted by Gasteiger charge is 2.40. The van der Waals surface area contributed by atoms with Gasteiger partial charge in [0.2, 0.25) is 35.1 Å². The van der Waals surface area contributed by atoms with Crippen molar-refractivity contribution in [1.82, 2.24) is 5.32 Å². The van der Waals surface area contributed by atoms with E-state index in [1.54, 1.807) is 0 Å². The maximum Gasteiger partial charge on any atom is 0.253 e. The highest BCUT2D eigenvalue weighted by Crippen LogP contribution is 2.43. The number of likely N-dealkylation sites (N-methyl/N-ethyl adjacent to an activating group) is 1. The summed E-state index contributed by atoms with van der Waals surface area (Å²) in [7, 11) is 1.92. The second-order valence-corrected chi connectivity index (χ2v) is 7.35. The van der Waals surface area contributed by atoms with Crippen LogP contribution in [0.4, 0.5) is 11.4 Å². The zero-order valence-electron chi connectivity index (χ0n) is 19.9. The third-order valence-corrected chi connectivity index (χ3v) is 5.53. The number of ether oxygens (including phenoxy) is 2. The Kier molecular flexibility index (Phi) is 6.84. The summed E-state index contributed by atoms with van der Waals surface area (Å²) >= 11 is 0. The van der Waals surface area contributed by atoms with Gasteiger partial charge >= 0.3 is 0 Å². The first kappa shape index (κ1) is 22.6. The molecule has 0 aromatic heterocycles. The number of hydrogen-bond acceptors (Lipinski definition) is 3. The van der Waals surface area contributed by atoms with Crippen LogP contribution in [0.25, 0.3) is 0 Å². The minimum absolute atomic E-state index is 0.0701. The highest BCUT2D eigenvalue weighted by atomic mass is 16.5. The fourth-order valence-electron chi connectivity index (χ4n) is 3.95. The van der Waals surface area contributed by atoms with Crippen molar-refractivity contribution in [3.63, 3.8) is 0 Å². The van der Waals surface area contributed by atoms with Gasteiger partial charge < -0.3 is 14.8 Å². The maximum absolute atomic E-state index is 6.40.